The molecule has 1 aliphatic carbocycles. The van der Waals surface area contributed by atoms with Crippen LogP contribution in [0.15, 0.2) is 18.2 Å². The largest absolute Gasteiger partial charge is 0.381 e. The van der Waals surface area contributed by atoms with E-state index in [1.54, 1.807) is 0 Å². The molecule has 3 rings (SSSR count). The SMILES string of the molecule is CC(N)(c1ccc2c(c1)CCCC2)C1CCOC1. The molecular formula is C16H23NO. The lowest BCUT2D eigenvalue weighted by molar-refractivity contribution is 0.166. The zero-order valence-electron chi connectivity index (χ0n) is 11.2. The van der Waals surface area contributed by atoms with Gasteiger partial charge in [-0.1, -0.05) is 18.2 Å². The van der Waals surface area contributed by atoms with Crippen molar-refractivity contribution in [1.82, 2.24) is 0 Å². The van der Waals surface area contributed by atoms with Gasteiger partial charge in [0.15, 0.2) is 0 Å². The molecule has 2 atom stereocenters. The summed E-state index contributed by atoms with van der Waals surface area (Å²) in [7, 11) is 0. The Kier molecular flexibility index (Phi) is 3.16. The van der Waals surface area contributed by atoms with Gasteiger partial charge >= 0.3 is 0 Å². The molecule has 1 aliphatic heterocycles. The summed E-state index contributed by atoms with van der Waals surface area (Å²) in [6.07, 6.45) is 6.21. The van der Waals surface area contributed by atoms with Crippen molar-refractivity contribution in [2.75, 3.05) is 13.2 Å². The molecule has 2 unspecified atom stereocenters. The van der Waals surface area contributed by atoms with E-state index >= 15 is 0 Å². The van der Waals surface area contributed by atoms with Gasteiger partial charge in [-0.3, -0.25) is 0 Å². The third-order valence-electron chi connectivity index (χ3n) is 4.75. The molecule has 1 fully saturated rings. The highest BCUT2D eigenvalue weighted by atomic mass is 16.5. The van der Waals surface area contributed by atoms with Crippen LogP contribution in [0.1, 0.15) is 42.9 Å². The van der Waals surface area contributed by atoms with Gasteiger partial charge in [0, 0.05) is 18.1 Å². The van der Waals surface area contributed by atoms with Gasteiger partial charge in [0.25, 0.3) is 0 Å². The average Bonchev–Trinajstić information content (AvgIpc) is 2.92. The number of hydrogen-bond acceptors (Lipinski definition) is 2. The summed E-state index contributed by atoms with van der Waals surface area (Å²) in [6.45, 7) is 3.84. The Labute approximate surface area is 110 Å². The van der Waals surface area contributed by atoms with Gasteiger partial charge in [-0.2, -0.15) is 0 Å². The van der Waals surface area contributed by atoms with Crippen molar-refractivity contribution in [2.45, 2.75) is 44.6 Å². The molecule has 1 aromatic carbocycles. The van der Waals surface area contributed by atoms with E-state index in [9.17, 15) is 0 Å². The molecule has 0 amide bonds. The molecule has 0 bridgehead atoms. The molecular weight excluding hydrogens is 222 g/mol. The van der Waals surface area contributed by atoms with Crippen molar-refractivity contribution < 1.29 is 4.74 Å². The van der Waals surface area contributed by atoms with Gasteiger partial charge in [-0.25, -0.2) is 0 Å². The Morgan fingerprint density at radius 2 is 2.00 bits per heavy atom. The molecule has 0 spiro atoms. The number of fused-ring (bicyclic) bond motifs is 1. The minimum atomic E-state index is -0.247. The van der Waals surface area contributed by atoms with Crippen LogP contribution >= 0.6 is 0 Å². The summed E-state index contributed by atoms with van der Waals surface area (Å²) >= 11 is 0. The van der Waals surface area contributed by atoms with E-state index < -0.39 is 0 Å². The van der Waals surface area contributed by atoms with Crippen molar-refractivity contribution in [3.05, 3.63) is 34.9 Å². The van der Waals surface area contributed by atoms with Crippen LogP contribution in [0.25, 0.3) is 0 Å². The first kappa shape index (κ1) is 12.2. The third-order valence-corrected chi connectivity index (χ3v) is 4.75. The fourth-order valence-electron chi connectivity index (χ4n) is 3.31. The molecule has 2 nitrogen and oxygen atoms in total. The van der Waals surface area contributed by atoms with Crippen molar-refractivity contribution in [1.29, 1.82) is 0 Å². The van der Waals surface area contributed by atoms with Crippen LogP contribution in [0.3, 0.4) is 0 Å². The predicted molar refractivity (Wildman–Crippen MR) is 73.5 cm³/mol. The van der Waals surface area contributed by atoms with Gasteiger partial charge in [0.1, 0.15) is 0 Å². The topological polar surface area (TPSA) is 35.2 Å². The second-order valence-electron chi connectivity index (χ2n) is 6.03. The fraction of sp³-hybridized carbons (Fsp3) is 0.625. The summed E-state index contributed by atoms with van der Waals surface area (Å²) in [5.41, 5.74) is 10.7. The maximum atomic E-state index is 6.60. The smallest absolute Gasteiger partial charge is 0.0515 e. The fourth-order valence-corrected chi connectivity index (χ4v) is 3.31. The number of nitrogens with two attached hydrogens (primary N) is 1. The minimum Gasteiger partial charge on any atom is -0.381 e. The molecule has 1 saturated heterocycles. The van der Waals surface area contributed by atoms with Gasteiger partial charge in [0.2, 0.25) is 0 Å². The van der Waals surface area contributed by atoms with E-state index in [0.717, 1.165) is 19.6 Å². The van der Waals surface area contributed by atoms with Crippen molar-refractivity contribution in [3.8, 4) is 0 Å². The summed E-state index contributed by atoms with van der Waals surface area (Å²) in [5.74, 6) is 0.458. The Bertz CT molecular complexity index is 433. The number of hydrogen-bond donors (Lipinski definition) is 1. The van der Waals surface area contributed by atoms with Crippen LogP contribution < -0.4 is 5.73 Å². The number of benzene rings is 1. The van der Waals surface area contributed by atoms with Gasteiger partial charge in [-0.05, 0) is 55.7 Å². The zero-order valence-corrected chi connectivity index (χ0v) is 11.2. The van der Waals surface area contributed by atoms with Gasteiger partial charge < -0.3 is 10.5 Å². The number of rotatable bonds is 2. The van der Waals surface area contributed by atoms with Gasteiger partial charge in [-0.15, -0.1) is 0 Å². The summed E-state index contributed by atoms with van der Waals surface area (Å²) < 4.78 is 5.50. The lowest BCUT2D eigenvalue weighted by atomic mass is 9.78. The molecule has 18 heavy (non-hydrogen) atoms. The number of ether oxygens (including phenoxy) is 1. The maximum absolute atomic E-state index is 6.60. The van der Waals surface area contributed by atoms with Crippen LogP contribution in [0.4, 0.5) is 0 Å². The molecule has 0 radical (unpaired) electrons. The van der Waals surface area contributed by atoms with E-state index in [1.165, 1.54) is 42.4 Å². The van der Waals surface area contributed by atoms with Crippen LogP contribution in [-0.2, 0) is 23.1 Å². The first-order chi connectivity index (χ1) is 8.68. The molecule has 1 heterocycles. The van der Waals surface area contributed by atoms with Crippen LogP contribution in [-0.4, -0.2) is 13.2 Å². The molecule has 2 aliphatic rings. The Morgan fingerprint density at radius 3 is 2.72 bits per heavy atom. The lowest BCUT2D eigenvalue weighted by Gasteiger charge is -2.32. The second kappa shape index (κ2) is 4.67. The minimum absolute atomic E-state index is 0.247. The van der Waals surface area contributed by atoms with E-state index in [4.69, 9.17) is 10.5 Å². The maximum Gasteiger partial charge on any atom is 0.0515 e. The highest BCUT2D eigenvalue weighted by Crippen LogP contribution is 2.34. The highest BCUT2D eigenvalue weighted by molar-refractivity contribution is 5.37. The first-order valence-corrected chi connectivity index (χ1v) is 7.17. The summed E-state index contributed by atoms with van der Waals surface area (Å²) in [4.78, 5) is 0. The van der Waals surface area contributed by atoms with Crippen LogP contribution in [0.2, 0.25) is 0 Å². The molecule has 1 aromatic rings. The van der Waals surface area contributed by atoms with E-state index in [0.29, 0.717) is 5.92 Å². The monoisotopic (exact) mass is 245 g/mol. The van der Waals surface area contributed by atoms with Crippen molar-refractivity contribution in [2.24, 2.45) is 11.7 Å². The predicted octanol–water partition coefficient (Wildman–Crippen LogP) is 2.78. The van der Waals surface area contributed by atoms with Crippen LogP contribution in [0.5, 0.6) is 0 Å². The Hall–Kier alpha value is -0.860. The number of aryl methyl sites for hydroxylation is 2. The Morgan fingerprint density at radius 1 is 1.22 bits per heavy atom. The average molecular weight is 245 g/mol. The van der Waals surface area contributed by atoms with Crippen molar-refractivity contribution >= 4 is 0 Å². The van der Waals surface area contributed by atoms with Gasteiger partial charge in [0.05, 0.1) is 6.61 Å². The Balaban J connectivity index is 1.91. The molecule has 2 heteroatoms. The first-order valence-electron chi connectivity index (χ1n) is 7.17. The van der Waals surface area contributed by atoms with E-state index in [-0.39, 0.29) is 5.54 Å². The summed E-state index contributed by atoms with van der Waals surface area (Å²) in [6, 6.07) is 6.89. The standard InChI is InChI=1S/C16H23NO/c1-16(17,15-8-9-18-11-15)14-7-6-12-4-2-3-5-13(12)10-14/h6-7,10,15H,2-5,8-9,11,17H2,1H3. The molecule has 2 N–H and O–H groups in total. The van der Waals surface area contributed by atoms with E-state index in [1.807, 2.05) is 0 Å². The summed E-state index contributed by atoms with van der Waals surface area (Å²) in [5, 5.41) is 0. The van der Waals surface area contributed by atoms with Crippen molar-refractivity contribution in [3.63, 3.8) is 0 Å². The third kappa shape index (κ3) is 2.08. The van der Waals surface area contributed by atoms with E-state index in [2.05, 4.69) is 25.1 Å². The van der Waals surface area contributed by atoms with Crippen LogP contribution in [0, 0.1) is 5.92 Å². The molecule has 0 saturated carbocycles. The quantitative estimate of drug-likeness (QED) is 0.869. The lowest BCUT2D eigenvalue weighted by Crippen LogP contribution is -2.41. The molecule has 0 aromatic heterocycles. The zero-order chi connectivity index (χ0) is 12.6. The molecule has 98 valence electrons. The second-order valence-corrected chi connectivity index (χ2v) is 6.03. The normalized spacial score (nSPS) is 26.7. The highest BCUT2D eigenvalue weighted by Gasteiger charge is 2.35.